The fraction of sp³-hybridized carbons (Fsp3) is 0.353. The Hall–Kier alpha value is -2.43. The molecule has 4 atom stereocenters. The number of hydrogen-bond donors (Lipinski definition) is 1. The molecule has 0 saturated carbocycles. The lowest BCUT2D eigenvalue weighted by atomic mass is 9.72. The second kappa shape index (κ2) is 5.09. The van der Waals surface area contributed by atoms with Crippen LogP contribution in [0.3, 0.4) is 0 Å². The van der Waals surface area contributed by atoms with E-state index in [1.54, 1.807) is 18.2 Å². The number of carbonyl (C=O) groups is 3. The smallest absolute Gasteiger partial charge is 0.311 e. The average molecular weight is 299 g/mol. The molecule has 0 spiro atoms. The number of imide groups is 1. The Balaban J connectivity index is 2.03. The summed E-state index contributed by atoms with van der Waals surface area (Å²) in [4.78, 5) is 38.0. The molecule has 0 bridgehead atoms. The van der Waals surface area contributed by atoms with E-state index in [-0.39, 0.29) is 11.8 Å². The van der Waals surface area contributed by atoms with Crippen molar-refractivity contribution in [2.75, 3.05) is 4.90 Å². The molecule has 5 heteroatoms. The largest absolute Gasteiger partial charge is 0.481 e. The van der Waals surface area contributed by atoms with E-state index in [9.17, 15) is 19.5 Å². The fourth-order valence-corrected chi connectivity index (χ4v) is 3.36. The number of anilines is 1. The lowest BCUT2D eigenvalue weighted by Crippen LogP contribution is -2.36. The number of carbonyl (C=O) groups excluding carboxylic acids is 2. The fourth-order valence-electron chi connectivity index (χ4n) is 3.36. The van der Waals surface area contributed by atoms with Crippen molar-refractivity contribution in [2.24, 2.45) is 23.7 Å². The highest BCUT2D eigenvalue weighted by atomic mass is 16.4. The number of benzene rings is 1. The molecule has 114 valence electrons. The first-order valence-corrected chi connectivity index (χ1v) is 7.27. The first-order chi connectivity index (χ1) is 10.4. The molecule has 22 heavy (non-hydrogen) atoms. The maximum atomic E-state index is 12.7. The van der Waals surface area contributed by atoms with Gasteiger partial charge in [0.05, 0.1) is 23.4 Å². The van der Waals surface area contributed by atoms with Crippen LogP contribution in [0.15, 0.2) is 36.4 Å². The summed E-state index contributed by atoms with van der Waals surface area (Å²) in [6.45, 7) is 3.76. The number of fused-ring (bicyclic) bond motifs is 1. The molecule has 5 nitrogen and oxygen atoms in total. The first-order valence-electron chi connectivity index (χ1n) is 7.27. The second-order valence-corrected chi connectivity index (χ2v) is 6.01. The van der Waals surface area contributed by atoms with Gasteiger partial charge in [-0.05, 0) is 25.0 Å². The molecule has 2 aliphatic rings. The van der Waals surface area contributed by atoms with E-state index < -0.39 is 29.6 Å². The van der Waals surface area contributed by atoms with Crippen LogP contribution in [0.4, 0.5) is 5.69 Å². The Morgan fingerprint density at radius 3 is 2.23 bits per heavy atom. The van der Waals surface area contributed by atoms with Gasteiger partial charge in [0.1, 0.15) is 0 Å². The third-order valence-corrected chi connectivity index (χ3v) is 4.55. The first kappa shape index (κ1) is 14.5. The summed E-state index contributed by atoms with van der Waals surface area (Å²) in [6.07, 6.45) is 3.27. The molecule has 1 N–H and O–H groups in total. The molecular formula is C17H17NO4. The van der Waals surface area contributed by atoms with Crippen LogP contribution in [-0.2, 0) is 14.4 Å². The number of carboxylic acids is 1. The van der Waals surface area contributed by atoms with Gasteiger partial charge in [-0.1, -0.05) is 36.8 Å². The van der Waals surface area contributed by atoms with Crippen molar-refractivity contribution in [1.29, 1.82) is 0 Å². The number of hydrogen-bond acceptors (Lipinski definition) is 3. The van der Waals surface area contributed by atoms with Crippen LogP contribution in [0.25, 0.3) is 0 Å². The van der Waals surface area contributed by atoms with Crippen LogP contribution in [0.1, 0.15) is 12.5 Å². The zero-order valence-corrected chi connectivity index (χ0v) is 12.4. The van der Waals surface area contributed by atoms with E-state index in [1.807, 2.05) is 26.0 Å². The van der Waals surface area contributed by atoms with Gasteiger partial charge in [0, 0.05) is 0 Å². The molecule has 1 aliphatic heterocycles. The van der Waals surface area contributed by atoms with Gasteiger partial charge >= 0.3 is 5.97 Å². The highest BCUT2D eigenvalue weighted by Crippen LogP contribution is 2.43. The van der Waals surface area contributed by atoms with E-state index in [4.69, 9.17) is 0 Å². The van der Waals surface area contributed by atoms with Gasteiger partial charge in [0.2, 0.25) is 11.8 Å². The second-order valence-electron chi connectivity index (χ2n) is 6.01. The van der Waals surface area contributed by atoms with Crippen molar-refractivity contribution in [2.45, 2.75) is 13.8 Å². The molecule has 2 amide bonds. The normalized spacial score (nSPS) is 30.5. The Bertz CT molecular complexity index is 676. The minimum absolute atomic E-state index is 0.146. The number of aryl methyl sites for hydroxylation is 1. The topological polar surface area (TPSA) is 74.7 Å². The molecule has 0 radical (unpaired) electrons. The summed E-state index contributed by atoms with van der Waals surface area (Å²) in [5.41, 5.74) is 1.53. The van der Waals surface area contributed by atoms with Gasteiger partial charge in [0.25, 0.3) is 0 Å². The maximum absolute atomic E-state index is 12.7. The van der Waals surface area contributed by atoms with Crippen molar-refractivity contribution >= 4 is 23.5 Å². The molecular weight excluding hydrogens is 282 g/mol. The van der Waals surface area contributed by atoms with Crippen LogP contribution in [0, 0.1) is 30.6 Å². The zero-order valence-electron chi connectivity index (χ0n) is 12.4. The number of carboxylic acid groups (broad SMARTS) is 1. The maximum Gasteiger partial charge on any atom is 0.311 e. The average Bonchev–Trinajstić information content (AvgIpc) is 2.73. The van der Waals surface area contributed by atoms with Crippen molar-refractivity contribution in [3.05, 3.63) is 42.0 Å². The van der Waals surface area contributed by atoms with Crippen LogP contribution in [0.2, 0.25) is 0 Å². The third kappa shape index (κ3) is 2.04. The van der Waals surface area contributed by atoms with E-state index in [0.29, 0.717) is 5.69 Å². The predicted molar refractivity (Wildman–Crippen MR) is 80.1 cm³/mol. The third-order valence-electron chi connectivity index (χ3n) is 4.55. The van der Waals surface area contributed by atoms with Crippen molar-refractivity contribution in [1.82, 2.24) is 0 Å². The van der Waals surface area contributed by atoms with Gasteiger partial charge < -0.3 is 5.11 Å². The quantitative estimate of drug-likeness (QED) is 0.669. The number of allylic oxidation sites excluding steroid dienone is 1. The number of aliphatic carboxylic acids is 1. The molecule has 1 aliphatic carbocycles. The van der Waals surface area contributed by atoms with Gasteiger partial charge in [-0.15, -0.1) is 0 Å². The standard InChI is InChI=1S/C17H17NO4/c1-9-3-6-11(7-4-9)18-15(19)13-10(2)5-8-12(17(21)22)14(13)16(18)20/h3-8,10,12-14H,1-2H3,(H,21,22)/t10-,12+,13-,14-/m1/s1. The Kier molecular flexibility index (Phi) is 3.35. The lowest BCUT2D eigenvalue weighted by molar-refractivity contribution is -0.145. The van der Waals surface area contributed by atoms with Crippen molar-refractivity contribution in [3.8, 4) is 0 Å². The molecule has 0 unspecified atom stereocenters. The van der Waals surface area contributed by atoms with E-state index in [1.165, 1.54) is 6.08 Å². The Morgan fingerprint density at radius 1 is 1.05 bits per heavy atom. The van der Waals surface area contributed by atoms with E-state index >= 15 is 0 Å². The Labute approximate surface area is 128 Å². The van der Waals surface area contributed by atoms with Crippen molar-refractivity contribution in [3.63, 3.8) is 0 Å². The molecule has 1 saturated heterocycles. The molecule has 3 rings (SSSR count). The molecule has 0 aromatic heterocycles. The number of rotatable bonds is 2. The molecule has 1 fully saturated rings. The minimum Gasteiger partial charge on any atom is -0.481 e. The summed E-state index contributed by atoms with van der Waals surface area (Å²) in [5.74, 6) is -4.28. The van der Waals surface area contributed by atoms with Crippen LogP contribution < -0.4 is 4.90 Å². The summed E-state index contributed by atoms with van der Waals surface area (Å²) >= 11 is 0. The lowest BCUT2D eigenvalue weighted by Gasteiger charge is -2.27. The summed E-state index contributed by atoms with van der Waals surface area (Å²) in [6, 6.07) is 7.09. The highest BCUT2D eigenvalue weighted by Gasteiger charge is 2.55. The summed E-state index contributed by atoms with van der Waals surface area (Å²) in [5, 5.41) is 9.34. The van der Waals surface area contributed by atoms with Crippen molar-refractivity contribution < 1.29 is 19.5 Å². The number of nitrogens with zero attached hydrogens (tertiary/aromatic N) is 1. The zero-order chi connectivity index (χ0) is 16.0. The Morgan fingerprint density at radius 2 is 1.64 bits per heavy atom. The molecule has 1 aromatic carbocycles. The van der Waals surface area contributed by atoms with Gasteiger partial charge in [-0.2, -0.15) is 0 Å². The predicted octanol–water partition coefficient (Wildman–Crippen LogP) is 2.01. The van der Waals surface area contributed by atoms with E-state index in [0.717, 1.165) is 10.5 Å². The minimum atomic E-state index is -1.06. The molecule has 1 aromatic rings. The summed E-state index contributed by atoms with van der Waals surface area (Å²) < 4.78 is 0. The van der Waals surface area contributed by atoms with Gasteiger partial charge in [-0.25, -0.2) is 0 Å². The highest BCUT2D eigenvalue weighted by molar-refractivity contribution is 6.23. The van der Waals surface area contributed by atoms with Gasteiger partial charge in [0.15, 0.2) is 0 Å². The van der Waals surface area contributed by atoms with E-state index in [2.05, 4.69) is 0 Å². The number of amides is 2. The SMILES string of the molecule is Cc1ccc(N2C(=O)[C@H]3[C@H](C2=O)[C@@H](C(=O)O)C=C[C@H]3C)cc1. The van der Waals surface area contributed by atoms with Crippen LogP contribution >= 0.6 is 0 Å². The van der Waals surface area contributed by atoms with Crippen LogP contribution in [0.5, 0.6) is 0 Å². The molecule has 1 heterocycles. The van der Waals surface area contributed by atoms with Gasteiger partial charge in [-0.3, -0.25) is 19.3 Å². The summed E-state index contributed by atoms with van der Waals surface area (Å²) in [7, 11) is 0. The van der Waals surface area contributed by atoms with Crippen LogP contribution in [-0.4, -0.2) is 22.9 Å². The monoisotopic (exact) mass is 299 g/mol.